The van der Waals surface area contributed by atoms with Gasteiger partial charge in [0, 0.05) is 0 Å². The van der Waals surface area contributed by atoms with E-state index < -0.39 is 6.61 Å². The van der Waals surface area contributed by atoms with E-state index in [0.717, 1.165) is 12.8 Å². The van der Waals surface area contributed by atoms with Gasteiger partial charge in [-0.05, 0) is 19.3 Å². The lowest BCUT2D eigenvalue weighted by atomic mass is 10.0. The molecular formula is C8H16F2O. The minimum absolute atomic E-state index is 0.217. The third-order valence-electron chi connectivity index (χ3n) is 1.86. The smallest absolute Gasteiger partial charge is 0.320 e. The van der Waals surface area contributed by atoms with Gasteiger partial charge in [-0.15, -0.1) is 0 Å². The Labute approximate surface area is 66.7 Å². The van der Waals surface area contributed by atoms with E-state index >= 15 is 0 Å². The van der Waals surface area contributed by atoms with Gasteiger partial charge in [0.2, 0.25) is 0 Å². The predicted octanol–water partition coefficient (Wildman–Crippen LogP) is 3.05. The van der Waals surface area contributed by atoms with Crippen LogP contribution in [0.5, 0.6) is 0 Å². The predicted molar refractivity (Wildman–Crippen MR) is 40.6 cm³/mol. The normalized spacial score (nSPS) is 16.9. The molecule has 0 N–H and O–H groups in total. The molecule has 2 atom stereocenters. The topological polar surface area (TPSA) is 9.23 Å². The molecule has 0 aliphatic rings. The van der Waals surface area contributed by atoms with Gasteiger partial charge in [-0.25, -0.2) is 0 Å². The van der Waals surface area contributed by atoms with Crippen molar-refractivity contribution in [2.45, 2.75) is 46.3 Å². The Balaban J connectivity index is 3.54. The molecule has 0 aliphatic carbocycles. The van der Waals surface area contributed by atoms with Crippen LogP contribution in [0.1, 0.15) is 33.6 Å². The molecule has 0 aromatic heterocycles. The molecule has 0 aromatic carbocycles. The second kappa shape index (κ2) is 5.47. The molecule has 0 aliphatic heterocycles. The summed E-state index contributed by atoms with van der Waals surface area (Å²) in [5.74, 6) is 0.217. The molecule has 0 rings (SSSR count). The summed E-state index contributed by atoms with van der Waals surface area (Å²) in [6.07, 6.45) is 1.61. The summed E-state index contributed by atoms with van der Waals surface area (Å²) in [6.45, 7) is 3.01. The quantitative estimate of drug-likeness (QED) is 0.610. The van der Waals surface area contributed by atoms with Crippen molar-refractivity contribution >= 4 is 0 Å². The van der Waals surface area contributed by atoms with Crippen LogP contribution in [0.2, 0.25) is 0 Å². The maximum absolute atomic E-state index is 11.7. The Kier molecular flexibility index (Phi) is 5.38. The Morgan fingerprint density at radius 2 is 1.82 bits per heavy atom. The van der Waals surface area contributed by atoms with Gasteiger partial charge in [0.15, 0.2) is 0 Å². The van der Waals surface area contributed by atoms with E-state index in [1.54, 1.807) is 6.92 Å². The largest absolute Gasteiger partial charge is 0.345 e. The van der Waals surface area contributed by atoms with Crippen molar-refractivity contribution < 1.29 is 13.5 Å². The molecule has 68 valence electrons. The van der Waals surface area contributed by atoms with Crippen LogP contribution in [0.4, 0.5) is 8.78 Å². The number of halogens is 2. The third kappa shape index (κ3) is 5.13. The number of hydrogen-bond acceptors (Lipinski definition) is 1. The molecule has 0 spiro atoms. The first-order chi connectivity index (χ1) is 5.07. The minimum atomic E-state index is -2.63. The highest BCUT2D eigenvalue weighted by molar-refractivity contribution is 4.59. The van der Waals surface area contributed by atoms with Gasteiger partial charge in [-0.2, -0.15) is 8.78 Å². The SMILES string of the molecule is CCCC(C)C(C)OC(F)F. The van der Waals surface area contributed by atoms with Gasteiger partial charge in [0.25, 0.3) is 0 Å². The standard InChI is InChI=1S/C8H16F2O/c1-4-5-6(2)7(3)11-8(9)10/h6-8H,4-5H2,1-3H3. The van der Waals surface area contributed by atoms with Crippen LogP contribution in [0.15, 0.2) is 0 Å². The van der Waals surface area contributed by atoms with Crippen LogP contribution >= 0.6 is 0 Å². The highest BCUT2D eigenvalue weighted by Crippen LogP contribution is 2.15. The van der Waals surface area contributed by atoms with Crippen molar-refractivity contribution in [3.05, 3.63) is 0 Å². The van der Waals surface area contributed by atoms with Crippen LogP contribution < -0.4 is 0 Å². The molecule has 0 amide bonds. The van der Waals surface area contributed by atoms with Crippen molar-refractivity contribution in [1.82, 2.24) is 0 Å². The highest BCUT2D eigenvalue weighted by Gasteiger charge is 2.15. The van der Waals surface area contributed by atoms with Crippen molar-refractivity contribution in [2.24, 2.45) is 5.92 Å². The summed E-state index contributed by atoms with van der Waals surface area (Å²) in [7, 11) is 0. The van der Waals surface area contributed by atoms with Crippen LogP contribution in [0.25, 0.3) is 0 Å². The highest BCUT2D eigenvalue weighted by atomic mass is 19.3. The summed E-state index contributed by atoms with van der Waals surface area (Å²) in [5.41, 5.74) is 0. The Bertz CT molecular complexity index is 96.1. The number of hydrogen-bond donors (Lipinski definition) is 0. The van der Waals surface area contributed by atoms with Crippen molar-refractivity contribution in [2.75, 3.05) is 0 Å². The average molecular weight is 166 g/mol. The fraction of sp³-hybridized carbons (Fsp3) is 1.00. The van der Waals surface area contributed by atoms with E-state index in [1.165, 1.54) is 0 Å². The number of ether oxygens (including phenoxy) is 1. The molecule has 2 unspecified atom stereocenters. The lowest BCUT2D eigenvalue weighted by molar-refractivity contribution is -0.169. The Morgan fingerprint density at radius 1 is 1.27 bits per heavy atom. The zero-order chi connectivity index (χ0) is 8.85. The van der Waals surface area contributed by atoms with E-state index in [2.05, 4.69) is 4.74 Å². The Morgan fingerprint density at radius 3 is 2.18 bits per heavy atom. The van der Waals surface area contributed by atoms with E-state index in [4.69, 9.17) is 0 Å². The van der Waals surface area contributed by atoms with Crippen LogP contribution in [-0.4, -0.2) is 12.7 Å². The number of alkyl halides is 2. The summed E-state index contributed by atoms with van der Waals surface area (Å²) < 4.78 is 27.7. The van der Waals surface area contributed by atoms with Crippen molar-refractivity contribution in [3.63, 3.8) is 0 Å². The van der Waals surface area contributed by atoms with E-state index in [-0.39, 0.29) is 12.0 Å². The van der Waals surface area contributed by atoms with Crippen LogP contribution in [0, 0.1) is 5.92 Å². The van der Waals surface area contributed by atoms with Crippen molar-refractivity contribution in [1.29, 1.82) is 0 Å². The molecule has 11 heavy (non-hydrogen) atoms. The van der Waals surface area contributed by atoms with Crippen molar-refractivity contribution in [3.8, 4) is 0 Å². The van der Waals surface area contributed by atoms with Gasteiger partial charge in [-0.1, -0.05) is 20.3 Å². The van der Waals surface area contributed by atoms with E-state index in [9.17, 15) is 8.78 Å². The summed E-state index contributed by atoms with van der Waals surface area (Å²) >= 11 is 0. The number of rotatable bonds is 5. The molecule has 0 saturated carbocycles. The summed E-state index contributed by atoms with van der Waals surface area (Å²) in [4.78, 5) is 0. The maximum Gasteiger partial charge on any atom is 0.345 e. The lowest BCUT2D eigenvalue weighted by Gasteiger charge is -2.18. The van der Waals surface area contributed by atoms with E-state index in [0.29, 0.717) is 0 Å². The molecule has 0 aromatic rings. The van der Waals surface area contributed by atoms with Gasteiger partial charge >= 0.3 is 6.61 Å². The van der Waals surface area contributed by atoms with Gasteiger partial charge in [0.05, 0.1) is 6.10 Å². The van der Waals surface area contributed by atoms with Crippen LogP contribution in [0.3, 0.4) is 0 Å². The second-order valence-corrected chi connectivity index (χ2v) is 2.87. The molecule has 0 saturated heterocycles. The summed E-state index contributed by atoms with van der Waals surface area (Å²) in [5, 5.41) is 0. The first kappa shape index (κ1) is 10.8. The summed E-state index contributed by atoms with van der Waals surface area (Å²) in [6, 6.07) is 0. The monoisotopic (exact) mass is 166 g/mol. The average Bonchev–Trinajstić information content (AvgIpc) is 1.86. The molecule has 0 radical (unpaired) electrons. The third-order valence-corrected chi connectivity index (χ3v) is 1.86. The molecule has 0 heterocycles. The zero-order valence-corrected chi connectivity index (χ0v) is 7.31. The fourth-order valence-corrected chi connectivity index (χ4v) is 0.986. The van der Waals surface area contributed by atoms with E-state index in [1.807, 2.05) is 13.8 Å². The van der Waals surface area contributed by atoms with Gasteiger partial charge in [-0.3, -0.25) is 0 Å². The minimum Gasteiger partial charge on any atom is -0.320 e. The first-order valence-corrected chi connectivity index (χ1v) is 4.01. The molecule has 0 bridgehead atoms. The second-order valence-electron chi connectivity index (χ2n) is 2.87. The zero-order valence-electron chi connectivity index (χ0n) is 7.31. The Hall–Kier alpha value is -0.180. The molecule has 0 fully saturated rings. The molecular weight excluding hydrogens is 150 g/mol. The lowest BCUT2D eigenvalue weighted by Crippen LogP contribution is -2.20. The first-order valence-electron chi connectivity index (χ1n) is 4.01. The maximum atomic E-state index is 11.7. The van der Waals surface area contributed by atoms with Crippen LogP contribution in [-0.2, 0) is 4.74 Å². The molecule has 1 nitrogen and oxygen atoms in total. The van der Waals surface area contributed by atoms with Gasteiger partial charge in [0.1, 0.15) is 0 Å². The molecule has 3 heteroatoms. The fourth-order valence-electron chi connectivity index (χ4n) is 0.986. The van der Waals surface area contributed by atoms with Gasteiger partial charge < -0.3 is 4.74 Å².